The van der Waals surface area contributed by atoms with Crippen LogP contribution in [0.15, 0.2) is 91.1 Å². The van der Waals surface area contributed by atoms with Gasteiger partial charge in [-0.05, 0) is 61.3 Å². The Labute approximate surface area is 252 Å². The number of ether oxygens (including phenoxy) is 1. The summed E-state index contributed by atoms with van der Waals surface area (Å²) in [6.45, 7) is 3.79. The molecule has 5 rings (SSSR count). The van der Waals surface area contributed by atoms with Gasteiger partial charge in [-0.1, -0.05) is 86.6 Å². The molecule has 2 aliphatic heterocycles. The van der Waals surface area contributed by atoms with Gasteiger partial charge in [0.2, 0.25) is 17.7 Å². The van der Waals surface area contributed by atoms with Crippen LogP contribution in [-0.4, -0.2) is 66.1 Å². The molecule has 2 heterocycles. The van der Waals surface area contributed by atoms with E-state index in [2.05, 4.69) is 16.0 Å². The molecule has 0 radical (unpaired) electrons. The molecular weight excluding hydrogens is 544 g/mol. The van der Waals surface area contributed by atoms with E-state index >= 15 is 0 Å². The van der Waals surface area contributed by atoms with Crippen molar-refractivity contribution in [2.45, 2.75) is 50.6 Å². The molecule has 3 aromatic carbocycles. The first-order valence-corrected chi connectivity index (χ1v) is 14.4. The lowest BCUT2D eigenvalue weighted by atomic mass is 9.95. The number of benzene rings is 3. The molecule has 2 bridgehead atoms. The summed E-state index contributed by atoms with van der Waals surface area (Å²) in [4.78, 5) is 43.1. The van der Waals surface area contributed by atoms with Crippen LogP contribution in [0.2, 0.25) is 0 Å². The first-order valence-electron chi connectivity index (χ1n) is 14.4. The quantitative estimate of drug-likeness (QED) is 0.323. The van der Waals surface area contributed by atoms with Crippen molar-refractivity contribution in [3.05, 3.63) is 108 Å². The Bertz CT molecular complexity index is 1390. The number of likely N-dealkylation sites (N-methyl/N-ethyl adjacent to an activating group) is 1. The van der Waals surface area contributed by atoms with E-state index in [4.69, 9.17) is 4.74 Å². The predicted octanol–water partition coefficient (Wildman–Crippen LogP) is 3.07. The number of carbonyl (C=O) groups excluding carboxylic acids is 3. The largest absolute Gasteiger partial charge is 0.487 e. The first-order chi connectivity index (χ1) is 20.6. The van der Waals surface area contributed by atoms with E-state index in [0.29, 0.717) is 17.7 Å². The average Bonchev–Trinajstić information content (AvgIpc) is 3.00. The summed E-state index contributed by atoms with van der Waals surface area (Å²) in [7, 11) is 3.62. The van der Waals surface area contributed by atoms with Crippen molar-refractivity contribution in [2.75, 3.05) is 14.1 Å². The van der Waals surface area contributed by atoms with Crippen LogP contribution in [0.3, 0.4) is 0 Å². The molecule has 0 aliphatic carbocycles. The molecule has 5 atom stereocenters. The van der Waals surface area contributed by atoms with Gasteiger partial charge in [0, 0.05) is 6.20 Å². The van der Waals surface area contributed by atoms with E-state index in [9.17, 15) is 19.5 Å². The van der Waals surface area contributed by atoms with Crippen molar-refractivity contribution in [1.29, 1.82) is 0 Å². The standard InChI is InChI=1S/C34H40N4O5/c1-22(2)31-29(37-32(40)27(38(3)4)21-24-11-7-5-8-12-24)34(42)36-28(30(39)25-13-9-6-10-14-25)33(41)35-20-19-23-15-17-26(43-31)18-16-23/h5-20,22,27-31,39H,21H2,1-4H3,(H,35,41)(H,36,42)(H,37,40)/t27-,28+,29-,30+,31-/m0/s1. The predicted molar refractivity (Wildman–Crippen MR) is 166 cm³/mol. The number of nitrogens with zero attached hydrogens (tertiary/aromatic N) is 1. The van der Waals surface area contributed by atoms with Crippen molar-refractivity contribution in [3.8, 4) is 5.75 Å². The summed E-state index contributed by atoms with van der Waals surface area (Å²) >= 11 is 0. The lowest BCUT2D eigenvalue weighted by molar-refractivity contribution is -0.137. The highest BCUT2D eigenvalue weighted by Crippen LogP contribution is 2.22. The fraction of sp³-hybridized carbons (Fsp3) is 0.324. The number of fused-ring (bicyclic) bond motifs is 10. The number of hydrogen-bond donors (Lipinski definition) is 4. The molecule has 0 aromatic heterocycles. The van der Waals surface area contributed by atoms with E-state index in [1.807, 2.05) is 70.4 Å². The van der Waals surface area contributed by atoms with Gasteiger partial charge >= 0.3 is 0 Å². The van der Waals surface area contributed by atoms with E-state index in [1.54, 1.807) is 53.4 Å². The van der Waals surface area contributed by atoms with E-state index in [1.165, 1.54) is 6.20 Å². The third kappa shape index (κ3) is 8.30. The minimum absolute atomic E-state index is 0.221. The summed E-state index contributed by atoms with van der Waals surface area (Å²) in [5, 5.41) is 19.6. The van der Waals surface area contributed by atoms with E-state index in [0.717, 1.165) is 11.1 Å². The molecular formula is C34H40N4O5. The monoisotopic (exact) mass is 584 g/mol. The fourth-order valence-corrected chi connectivity index (χ4v) is 4.98. The highest BCUT2D eigenvalue weighted by atomic mass is 16.5. The normalized spacial score (nSPS) is 20.5. The van der Waals surface area contributed by atoms with Crippen LogP contribution < -0.4 is 20.7 Å². The van der Waals surface area contributed by atoms with Gasteiger partial charge in [-0.2, -0.15) is 0 Å². The summed E-state index contributed by atoms with van der Waals surface area (Å²) in [6.07, 6.45) is 1.44. The molecule has 3 amide bonds. The number of rotatable bonds is 8. The van der Waals surface area contributed by atoms with Gasteiger partial charge in [-0.15, -0.1) is 0 Å². The van der Waals surface area contributed by atoms with Crippen LogP contribution in [0, 0.1) is 5.92 Å². The third-order valence-electron chi connectivity index (χ3n) is 7.45. The van der Waals surface area contributed by atoms with E-state index in [-0.39, 0.29) is 11.8 Å². The van der Waals surface area contributed by atoms with Crippen LogP contribution in [0.1, 0.15) is 36.6 Å². The van der Waals surface area contributed by atoms with Gasteiger partial charge in [0.1, 0.15) is 30.0 Å². The summed E-state index contributed by atoms with van der Waals surface area (Å²) in [5.74, 6) is -1.33. The summed E-state index contributed by atoms with van der Waals surface area (Å²) in [5.41, 5.74) is 2.24. The second kappa shape index (κ2) is 14.6. The molecule has 2 aliphatic rings. The molecule has 43 heavy (non-hydrogen) atoms. The first kappa shape index (κ1) is 31.5. The van der Waals surface area contributed by atoms with Crippen molar-refractivity contribution in [1.82, 2.24) is 20.9 Å². The van der Waals surface area contributed by atoms with Gasteiger partial charge in [0.15, 0.2) is 0 Å². The molecule has 0 saturated heterocycles. The highest BCUT2D eigenvalue weighted by molar-refractivity contribution is 5.94. The van der Waals surface area contributed by atoms with Crippen LogP contribution in [0.25, 0.3) is 6.08 Å². The minimum Gasteiger partial charge on any atom is -0.487 e. The zero-order valence-electron chi connectivity index (χ0n) is 24.9. The molecule has 0 fully saturated rings. The average molecular weight is 585 g/mol. The zero-order chi connectivity index (χ0) is 30.9. The van der Waals surface area contributed by atoms with Gasteiger partial charge in [-0.25, -0.2) is 0 Å². The third-order valence-corrected chi connectivity index (χ3v) is 7.45. The maximum atomic E-state index is 14.1. The molecule has 0 saturated carbocycles. The minimum atomic E-state index is -1.36. The lowest BCUT2D eigenvalue weighted by Crippen LogP contribution is -2.62. The zero-order valence-corrected chi connectivity index (χ0v) is 24.9. The SMILES string of the molecule is CC(C)[C@@H]1Oc2ccc(cc2)C=CNC(=O)[C@@H]([C@H](O)c2ccccc2)NC(=O)[C@H]1NC(=O)[C@H](Cc1ccccc1)N(C)C. The smallest absolute Gasteiger partial charge is 0.249 e. The second-order valence-electron chi connectivity index (χ2n) is 11.2. The Morgan fingerprint density at radius 2 is 1.56 bits per heavy atom. The van der Waals surface area contributed by atoms with Gasteiger partial charge in [0.05, 0.1) is 6.04 Å². The summed E-state index contributed by atoms with van der Waals surface area (Å²) < 4.78 is 6.35. The second-order valence-corrected chi connectivity index (χ2v) is 11.2. The molecule has 0 spiro atoms. The Morgan fingerprint density at radius 3 is 2.16 bits per heavy atom. The van der Waals surface area contributed by atoms with Gasteiger partial charge in [0.25, 0.3) is 0 Å². The number of aliphatic hydroxyl groups is 1. The Kier molecular flexibility index (Phi) is 10.7. The van der Waals surface area contributed by atoms with Gasteiger partial charge in [-0.3, -0.25) is 19.3 Å². The number of amides is 3. The van der Waals surface area contributed by atoms with Crippen molar-refractivity contribution < 1.29 is 24.2 Å². The maximum Gasteiger partial charge on any atom is 0.249 e. The number of carbonyl (C=O) groups is 3. The van der Waals surface area contributed by atoms with Gasteiger partial charge < -0.3 is 25.8 Å². The number of aliphatic hydroxyl groups excluding tert-OH is 1. The number of hydrogen-bond acceptors (Lipinski definition) is 6. The molecule has 4 N–H and O–H groups in total. The van der Waals surface area contributed by atoms with Crippen molar-refractivity contribution in [3.63, 3.8) is 0 Å². The molecule has 3 aromatic rings. The van der Waals surface area contributed by atoms with Crippen LogP contribution in [0.4, 0.5) is 0 Å². The summed E-state index contributed by atoms with van der Waals surface area (Å²) in [6, 6.07) is 22.3. The van der Waals surface area contributed by atoms with Crippen LogP contribution in [0.5, 0.6) is 5.75 Å². The van der Waals surface area contributed by atoms with Crippen molar-refractivity contribution >= 4 is 23.8 Å². The lowest BCUT2D eigenvalue weighted by Gasteiger charge is -2.34. The highest BCUT2D eigenvalue weighted by Gasteiger charge is 2.39. The molecule has 0 unspecified atom stereocenters. The molecule has 9 nitrogen and oxygen atoms in total. The van der Waals surface area contributed by atoms with Crippen LogP contribution in [-0.2, 0) is 20.8 Å². The topological polar surface area (TPSA) is 120 Å². The van der Waals surface area contributed by atoms with E-state index < -0.39 is 42.1 Å². The molecule has 9 heteroatoms. The number of nitrogens with one attached hydrogen (secondary N) is 3. The maximum absolute atomic E-state index is 14.1. The Balaban J connectivity index is 1.72. The Morgan fingerprint density at radius 1 is 0.930 bits per heavy atom. The van der Waals surface area contributed by atoms with Crippen LogP contribution >= 0.6 is 0 Å². The van der Waals surface area contributed by atoms with Crippen molar-refractivity contribution in [2.24, 2.45) is 5.92 Å². The molecule has 226 valence electrons. The Hall–Kier alpha value is -4.47. The fourth-order valence-electron chi connectivity index (χ4n) is 4.98.